The van der Waals surface area contributed by atoms with Crippen LogP contribution in [-0.4, -0.2) is 74.1 Å². The Labute approximate surface area is 120 Å². The molecule has 0 saturated carbocycles. The van der Waals surface area contributed by atoms with Crippen molar-refractivity contribution < 1.29 is 44.3 Å². The van der Waals surface area contributed by atoms with E-state index < -0.39 is 62.8 Å². The number of aliphatic hydroxyl groups excluding tert-OH is 4. The first-order valence-electron chi connectivity index (χ1n) is 6.19. The summed E-state index contributed by atoms with van der Waals surface area (Å²) in [5, 5.41) is 40.3. The molecule has 1 heterocycles. The molecule has 1 amide bonds. The molecule has 1 aliphatic rings. The zero-order valence-electron chi connectivity index (χ0n) is 11.2. The Balaban J connectivity index is 3.02. The second-order valence-electron chi connectivity index (χ2n) is 4.89. The first-order valence-corrected chi connectivity index (χ1v) is 7.83. The maximum Gasteiger partial charge on any atom is 0.217 e. The summed E-state index contributed by atoms with van der Waals surface area (Å²) in [7, 11) is -4.96. The normalized spacial score (nSPS) is 35.6. The molecule has 7 unspecified atom stereocenters. The van der Waals surface area contributed by atoms with Gasteiger partial charge in [-0.25, -0.2) is 0 Å². The summed E-state index contributed by atoms with van der Waals surface area (Å²) < 4.78 is 16.1. The number of hydrogen-bond donors (Lipinski definition) is 6. The zero-order chi connectivity index (χ0) is 16.4. The van der Waals surface area contributed by atoms with Crippen molar-refractivity contribution in [3.63, 3.8) is 0 Å². The van der Waals surface area contributed by atoms with Gasteiger partial charge in [0.15, 0.2) is 7.60 Å². The standard InChI is InChI=1S/C10H20NO9P/c1-4(13)11-8-5(14)2-7(21(17,18)19)20-10(8)9(16)6(15)3-12/h5-10,12,14-16H,2-3H2,1H3,(H,11,13)(H2,17,18,19)/p-1. The molecule has 0 aromatic heterocycles. The Bertz CT molecular complexity index is 413. The monoisotopic (exact) mass is 328 g/mol. The molecule has 21 heavy (non-hydrogen) atoms. The van der Waals surface area contributed by atoms with E-state index in [0.29, 0.717) is 0 Å². The van der Waals surface area contributed by atoms with Crippen molar-refractivity contribution in [1.82, 2.24) is 5.32 Å². The van der Waals surface area contributed by atoms with Gasteiger partial charge in [-0.3, -0.25) is 4.79 Å². The number of carbonyl (C=O) groups is 1. The van der Waals surface area contributed by atoms with Gasteiger partial charge in [0, 0.05) is 13.3 Å². The van der Waals surface area contributed by atoms with Gasteiger partial charge in [-0.1, -0.05) is 0 Å². The second-order valence-corrected chi connectivity index (χ2v) is 6.59. The fourth-order valence-electron chi connectivity index (χ4n) is 2.14. The van der Waals surface area contributed by atoms with Crippen LogP contribution in [0.1, 0.15) is 13.3 Å². The van der Waals surface area contributed by atoms with Gasteiger partial charge in [0.25, 0.3) is 0 Å². The van der Waals surface area contributed by atoms with Crippen molar-refractivity contribution in [1.29, 1.82) is 0 Å². The third-order valence-electron chi connectivity index (χ3n) is 3.18. The number of hydrogen-bond acceptors (Lipinski definition) is 8. The minimum Gasteiger partial charge on any atom is -0.777 e. The average molecular weight is 328 g/mol. The molecule has 10 nitrogen and oxygen atoms in total. The lowest BCUT2D eigenvalue weighted by Crippen LogP contribution is -2.62. The van der Waals surface area contributed by atoms with E-state index in [1.54, 1.807) is 0 Å². The van der Waals surface area contributed by atoms with Gasteiger partial charge in [0.2, 0.25) is 5.91 Å². The molecule has 1 saturated heterocycles. The fourth-order valence-corrected chi connectivity index (χ4v) is 2.91. The molecule has 6 N–H and O–H groups in total. The van der Waals surface area contributed by atoms with Crippen molar-refractivity contribution in [2.75, 3.05) is 6.61 Å². The van der Waals surface area contributed by atoms with Crippen LogP contribution < -0.4 is 10.2 Å². The number of nitrogens with one attached hydrogen (secondary N) is 1. The van der Waals surface area contributed by atoms with Crippen LogP contribution in [0, 0.1) is 0 Å². The molecule has 0 aromatic rings. The van der Waals surface area contributed by atoms with E-state index in [4.69, 9.17) is 14.7 Å². The van der Waals surface area contributed by atoms with Crippen LogP contribution in [0.25, 0.3) is 0 Å². The lowest BCUT2D eigenvalue weighted by atomic mass is 9.92. The maximum absolute atomic E-state index is 11.1. The molecule has 124 valence electrons. The van der Waals surface area contributed by atoms with Crippen LogP contribution in [-0.2, 0) is 14.1 Å². The summed E-state index contributed by atoms with van der Waals surface area (Å²) >= 11 is 0. The first kappa shape index (κ1) is 18.5. The molecular formula is C10H19NO9P-. The SMILES string of the molecule is CC(=O)NC1C(O)CC(P(=O)([O-])O)OC1C(O)C(O)CO. The van der Waals surface area contributed by atoms with Gasteiger partial charge in [-0.05, 0) is 0 Å². The van der Waals surface area contributed by atoms with Crippen molar-refractivity contribution in [2.24, 2.45) is 0 Å². The predicted octanol–water partition coefficient (Wildman–Crippen LogP) is -3.77. The number of rotatable bonds is 5. The topological polar surface area (TPSA) is 180 Å². The van der Waals surface area contributed by atoms with E-state index in [2.05, 4.69) is 5.32 Å². The second kappa shape index (κ2) is 7.12. The molecule has 1 fully saturated rings. The van der Waals surface area contributed by atoms with Crippen LogP contribution in [0.5, 0.6) is 0 Å². The summed E-state index contributed by atoms with van der Waals surface area (Å²) in [5.74, 6) is -2.37. The Morgan fingerprint density at radius 3 is 2.52 bits per heavy atom. The van der Waals surface area contributed by atoms with E-state index in [1.807, 2.05) is 0 Å². The highest BCUT2D eigenvalue weighted by Gasteiger charge is 2.46. The number of amides is 1. The van der Waals surface area contributed by atoms with E-state index in [-0.39, 0.29) is 0 Å². The van der Waals surface area contributed by atoms with Crippen LogP contribution in [0.2, 0.25) is 0 Å². The number of ether oxygens (including phenoxy) is 1. The molecule has 0 radical (unpaired) electrons. The first-order chi connectivity index (χ1) is 9.57. The van der Waals surface area contributed by atoms with Crippen molar-refractivity contribution >= 4 is 13.5 Å². The largest absolute Gasteiger partial charge is 0.777 e. The van der Waals surface area contributed by atoms with Gasteiger partial charge in [-0.2, -0.15) is 0 Å². The predicted molar refractivity (Wildman–Crippen MR) is 65.8 cm³/mol. The highest BCUT2D eigenvalue weighted by Crippen LogP contribution is 2.44. The average Bonchev–Trinajstić information content (AvgIpc) is 2.37. The minimum absolute atomic E-state index is 0.513. The van der Waals surface area contributed by atoms with E-state index >= 15 is 0 Å². The summed E-state index contributed by atoms with van der Waals surface area (Å²) in [6.07, 6.45) is -6.94. The smallest absolute Gasteiger partial charge is 0.217 e. The van der Waals surface area contributed by atoms with Gasteiger partial charge in [0.1, 0.15) is 24.2 Å². The number of aliphatic hydroxyl groups is 4. The quantitative estimate of drug-likeness (QED) is 0.276. The third-order valence-corrected chi connectivity index (χ3v) is 4.24. The molecular weight excluding hydrogens is 309 g/mol. The van der Waals surface area contributed by atoms with Crippen molar-refractivity contribution in [3.05, 3.63) is 0 Å². The maximum atomic E-state index is 11.1. The van der Waals surface area contributed by atoms with Crippen molar-refractivity contribution in [2.45, 2.75) is 49.6 Å². The molecule has 7 atom stereocenters. The Morgan fingerprint density at radius 1 is 1.52 bits per heavy atom. The van der Waals surface area contributed by atoms with Gasteiger partial charge in [-0.15, -0.1) is 0 Å². The highest BCUT2D eigenvalue weighted by molar-refractivity contribution is 7.50. The summed E-state index contributed by atoms with van der Waals surface area (Å²) in [6.45, 7) is 0.290. The number of carbonyl (C=O) groups excluding carboxylic acids is 1. The Hall–Kier alpha value is -0.580. The molecule has 0 aliphatic carbocycles. The van der Waals surface area contributed by atoms with Gasteiger partial charge < -0.3 is 44.8 Å². The Kier molecular flexibility index (Phi) is 6.26. The van der Waals surface area contributed by atoms with Crippen LogP contribution in [0.15, 0.2) is 0 Å². The summed E-state index contributed by atoms with van der Waals surface area (Å²) in [5.41, 5.74) is 0. The summed E-state index contributed by atoms with van der Waals surface area (Å²) in [6, 6.07) is -1.21. The molecule has 0 bridgehead atoms. The van der Waals surface area contributed by atoms with Crippen LogP contribution in [0.4, 0.5) is 0 Å². The third kappa shape index (κ3) is 4.70. The lowest BCUT2D eigenvalue weighted by Gasteiger charge is -2.44. The molecule has 1 aliphatic heterocycles. The molecule has 11 heteroatoms. The molecule has 0 spiro atoms. The zero-order valence-corrected chi connectivity index (χ0v) is 12.1. The highest BCUT2D eigenvalue weighted by atomic mass is 31.2. The van der Waals surface area contributed by atoms with Gasteiger partial charge in [0.05, 0.1) is 18.8 Å². The lowest BCUT2D eigenvalue weighted by molar-refractivity contribution is -0.223. The Morgan fingerprint density at radius 2 is 2.10 bits per heavy atom. The van der Waals surface area contributed by atoms with Crippen LogP contribution in [0.3, 0.4) is 0 Å². The molecule has 1 rings (SSSR count). The van der Waals surface area contributed by atoms with E-state index in [0.717, 1.165) is 6.92 Å². The van der Waals surface area contributed by atoms with E-state index in [9.17, 15) is 29.6 Å². The van der Waals surface area contributed by atoms with E-state index in [1.165, 1.54) is 0 Å². The van der Waals surface area contributed by atoms with Gasteiger partial charge >= 0.3 is 0 Å². The van der Waals surface area contributed by atoms with Crippen molar-refractivity contribution in [3.8, 4) is 0 Å². The summed E-state index contributed by atoms with van der Waals surface area (Å²) in [4.78, 5) is 31.2. The van der Waals surface area contributed by atoms with Crippen LogP contribution >= 0.6 is 7.60 Å². The minimum atomic E-state index is -4.96. The fraction of sp³-hybridized carbons (Fsp3) is 0.900. The molecule has 0 aromatic carbocycles.